The molecule has 17 N–H and O–H groups in total. The number of carboxylic acids is 1. The van der Waals surface area contributed by atoms with Crippen molar-refractivity contribution in [1.82, 2.24) is 37.2 Å². The minimum atomic E-state index is -2.04. The first-order chi connectivity index (χ1) is 41.3. The lowest BCUT2D eigenvalue weighted by atomic mass is 9.98. The molecule has 0 aromatic heterocycles. The maximum absolute atomic E-state index is 14.9. The van der Waals surface area contributed by atoms with Crippen LogP contribution in [0.4, 0.5) is 4.79 Å². The fraction of sp³-hybridized carbons (Fsp3) is 0.180. The molecular weight excluding hydrogens is 1130 g/mol. The van der Waals surface area contributed by atoms with Crippen LogP contribution in [0.5, 0.6) is 51.7 Å². The molecule has 0 aliphatic heterocycles. The van der Waals surface area contributed by atoms with E-state index < -0.39 is 130 Å². The number of amides is 7. The van der Waals surface area contributed by atoms with E-state index in [9.17, 15) is 89.4 Å². The molecule has 26 heteroatoms. The number of aliphatic carboxylic acids is 1. The summed E-state index contributed by atoms with van der Waals surface area (Å²) in [6.45, 7) is 2.71. The zero-order valence-corrected chi connectivity index (χ0v) is 46.0. The summed E-state index contributed by atoms with van der Waals surface area (Å²) in [7, 11) is 0. The molecule has 0 saturated carbocycles. The second-order valence-corrected chi connectivity index (χ2v) is 20.0. The van der Waals surface area contributed by atoms with Crippen LogP contribution < -0.4 is 37.2 Å². The van der Waals surface area contributed by atoms with E-state index in [-0.39, 0.29) is 57.2 Å². The molecule has 0 saturated heterocycles. The number of benzene rings is 7. The zero-order valence-electron chi connectivity index (χ0n) is 46.0. The number of carbonyl (C=O) groups excluding carboxylic acids is 7. The van der Waals surface area contributed by atoms with Crippen molar-refractivity contribution in [2.45, 2.75) is 62.7 Å². The molecule has 7 amide bonds. The highest BCUT2D eigenvalue weighted by atomic mass is 16.5. The van der Waals surface area contributed by atoms with Crippen LogP contribution in [0, 0.1) is 5.92 Å². The SMILES string of the molecule is CC(C)[C@H](NC(=O)[C@H](NC(=O)[C@H](NC(=O)OCc1ccccc1)c1ccc(O)cc1)c1cc(O)cc(O)c1)C(=O)N[C@@H](C(=O)N[C@H](C(=O)N[C@@H](C(=O)N[C@H](C(=O)O)c1ccc(O)cc1)c1cc(O)cc(O)c1)c1ccc(O)cc1)c1cc(O)cc(O)c1. The van der Waals surface area contributed by atoms with E-state index in [1.807, 2.05) is 0 Å². The van der Waals surface area contributed by atoms with Gasteiger partial charge in [0.15, 0.2) is 6.04 Å². The highest BCUT2D eigenvalue weighted by molar-refractivity contribution is 5.99. The molecule has 0 radical (unpaired) electrons. The Labute approximate surface area is 494 Å². The van der Waals surface area contributed by atoms with Gasteiger partial charge in [-0.3, -0.25) is 28.8 Å². The minimum absolute atomic E-state index is 0.0380. The maximum Gasteiger partial charge on any atom is 0.408 e. The normalized spacial score (nSPS) is 13.4. The average Bonchev–Trinajstić information content (AvgIpc) is 2.38. The predicted molar refractivity (Wildman–Crippen MR) is 305 cm³/mol. The number of phenolic OH excluding ortho intramolecular Hbond substituents is 9. The lowest BCUT2D eigenvalue weighted by Gasteiger charge is -2.29. The first kappa shape index (κ1) is 62.9. The molecule has 7 rings (SSSR count). The van der Waals surface area contributed by atoms with E-state index in [4.69, 9.17) is 4.74 Å². The highest BCUT2D eigenvalue weighted by Crippen LogP contribution is 2.32. The van der Waals surface area contributed by atoms with Gasteiger partial charge in [-0.05, 0) is 118 Å². The Bertz CT molecular complexity index is 3600. The number of nitrogens with one attached hydrogen (secondary N) is 7. The Kier molecular flexibility index (Phi) is 20.3. The molecule has 7 aromatic carbocycles. The minimum Gasteiger partial charge on any atom is -0.508 e. The van der Waals surface area contributed by atoms with Gasteiger partial charge in [0, 0.05) is 18.2 Å². The molecule has 0 bridgehead atoms. The average molecular weight is 1190 g/mol. The number of carbonyl (C=O) groups is 8. The van der Waals surface area contributed by atoms with E-state index in [1.54, 1.807) is 30.3 Å². The summed E-state index contributed by atoms with van der Waals surface area (Å²) in [5, 5.41) is 121. The van der Waals surface area contributed by atoms with Gasteiger partial charge in [0.05, 0.1) is 0 Å². The van der Waals surface area contributed by atoms with Crippen LogP contribution in [0.3, 0.4) is 0 Å². The number of phenols is 9. The Morgan fingerprint density at radius 1 is 0.333 bits per heavy atom. The fourth-order valence-corrected chi connectivity index (χ4v) is 8.93. The summed E-state index contributed by atoms with van der Waals surface area (Å²) in [5.74, 6) is -14.2. The monoisotopic (exact) mass is 1190 g/mol. The molecule has 0 unspecified atom stereocenters. The molecule has 0 fully saturated rings. The zero-order chi connectivity index (χ0) is 63.2. The van der Waals surface area contributed by atoms with E-state index in [0.29, 0.717) is 5.56 Å². The summed E-state index contributed by atoms with van der Waals surface area (Å²) >= 11 is 0. The standard InChI is InChI=1S/C61H59N7O19/c1-30(2)47(62-57(81)50(35-20-41(72)26-42(73)21-35)66-56(80)49(33-10-16-39(70)17-11-33)68-61(86)87-29-31-6-4-3-5-7-31)54(78)64-51(36-22-43(74)27-44(75)23-36)58(82)63-48(32-8-14-38(69)15-9-32)55(79)65-52(37-24-45(76)28-46(77)25-37)59(83)67-53(60(84)85)34-12-18-40(71)19-13-34/h3-28,30,47-53,69-77H,29H2,1-2H3,(H,62,81)(H,63,82)(H,64,78)(H,65,79)(H,66,80)(H,67,83)(H,68,86)(H,84,85)/t47-,48-,49+,50+,51+,52+,53-/m0/s1. The van der Waals surface area contributed by atoms with Crippen LogP contribution in [-0.4, -0.2) is 105 Å². The lowest BCUT2D eigenvalue weighted by molar-refractivity contribution is -0.142. The van der Waals surface area contributed by atoms with Gasteiger partial charge in [0.1, 0.15) is 94.6 Å². The van der Waals surface area contributed by atoms with Crippen LogP contribution in [0.15, 0.2) is 158 Å². The number of carboxylic acid groups (broad SMARTS) is 1. The third kappa shape index (κ3) is 17.0. The Morgan fingerprint density at radius 3 is 0.954 bits per heavy atom. The fourth-order valence-electron chi connectivity index (χ4n) is 8.93. The van der Waals surface area contributed by atoms with Gasteiger partial charge in [0.2, 0.25) is 35.4 Å². The Balaban J connectivity index is 1.20. The number of hydrogen-bond acceptors (Lipinski definition) is 18. The van der Waals surface area contributed by atoms with Gasteiger partial charge < -0.3 is 93.0 Å². The second kappa shape index (κ2) is 28.0. The number of hydrogen-bond donors (Lipinski definition) is 17. The van der Waals surface area contributed by atoms with Crippen LogP contribution >= 0.6 is 0 Å². The van der Waals surface area contributed by atoms with Crippen molar-refractivity contribution in [3.05, 3.63) is 197 Å². The summed E-state index contributed by atoms with van der Waals surface area (Å²) in [4.78, 5) is 114. The van der Waals surface area contributed by atoms with Crippen molar-refractivity contribution >= 4 is 47.5 Å². The molecular formula is C61H59N7O19. The summed E-state index contributed by atoms with van der Waals surface area (Å²) in [6.07, 6.45) is -1.09. The van der Waals surface area contributed by atoms with E-state index in [2.05, 4.69) is 37.2 Å². The van der Waals surface area contributed by atoms with Gasteiger partial charge >= 0.3 is 12.1 Å². The molecule has 0 aliphatic rings. The van der Waals surface area contributed by atoms with Crippen molar-refractivity contribution in [3.63, 3.8) is 0 Å². The van der Waals surface area contributed by atoms with Crippen LogP contribution in [0.2, 0.25) is 0 Å². The van der Waals surface area contributed by atoms with Crippen molar-refractivity contribution in [1.29, 1.82) is 0 Å². The van der Waals surface area contributed by atoms with Crippen LogP contribution in [0.25, 0.3) is 0 Å². The van der Waals surface area contributed by atoms with Gasteiger partial charge in [0.25, 0.3) is 0 Å². The number of alkyl carbamates (subject to hydrolysis) is 1. The van der Waals surface area contributed by atoms with E-state index in [0.717, 1.165) is 78.9 Å². The molecule has 0 spiro atoms. The summed E-state index contributed by atoms with van der Waals surface area (Å²) < 4.78 is 5.36. The number of ether oxygens (including phenoxy) is 1. The third-order valence-corrected chi connectivity index (χ3v) is 13.2. The van der Waals surface area contributed by atoms with E-state index in [1.165, 1.54) is 62.4 Å². The first-order valence-electron chi connectivity index (χ1n) is 26.3. The van der Waals surface area contributed by atoms with Gasteiger partial charge in [-0.2, -0.15) is 0 Å². The maximum atomic E-state index is 14.9. The van der Waals surface area contributed by atoms with Crippen molar-refractivity contribution in [2.24, 2.45) is 5.92 Å². The smallest absolute Gasteiger partial charge is 0.408 e. The van der Waals surface area contributed by atoms with E-state index >= 15 is 0 Å². The molecule has 452 valence electrons. The predicted octanol–water partition coefficient (Wildman–Crippen LogP) is 4.52. The molecule has 87 heavy (non-hydrogen) atoms. The van der Waals surface area contributed by atoms with Gasteiger partial charge in [-0.1, -0.05) is 80.6 Å². The molecule has 0 heterocycles. The summed E-state index contributed by atoms with van der Waals surface area (Å²) in [6, 6.07) is 18.3. The second-order valence-electron chi connectivity index (χ2n) is 20.0. The molecule has 26 nitrogen and oxygen atoms in total. The summed E-state index contributed by atoms with van der Waals surface area (Å²) in [5.41, 5.74) is -0.396. The molecule has 0 aliphatic carbocycles. The Hall–Kier alpha value is -11.7. The van der Waals surface area contributed by atoms with Crippen LogP contribution in [-0.2, 0) is 44.9 Å². The molecule has 7 atom stereocenters. The van der Waals surface area contributed by atoms with Crippen molar-refractivity contribution in [3.8, 4) is 51.7 Å². The van der Waals surface area contributed by atoms with Crippen molar-refractivity contribution in [2.75, 3.05) is 0 Å². The topological polar surface area (TPSA) is 432 Å². The highest BCUT2D eigenvalue weighted by Gasteiger charge is 2.38. The number of aromatic hydroxyl groups is 9. The van der Waals surface area contributed by atoms with Gasteiger partial charge in [-0.15, -0.1) is 0 Å². The molecule has 7 aromatic rings. The van der Waals surface area contributed by atoms with Crippen LogP contribution in [0.1, 0.15) is 89.0 Å². The quantitative estimate of drug-likeness (QED) is 0.0419. The van der Waals surface area contributed by atoms with Gasteiger partial charge in [-0.25, -0.2) is 9.59 Å². The van der Waals surface area contributed by atoms with Crippen molar-refractivity contribution < 1.29 is 94.2 Å². The number of rotatable bonds is 23. The lowest BCUT2D eigenvalue weighted by Crippen LogP contribution is -2.55. The largest absolute Gasteiger partial charge is 0.508 e. The first-order valence-corrected chi connectivity index (χ1v) is 26.3. The third-order valence-electron chi connectivity index (χ3n) is 13.2. The Morgan fingerprint density at radius 2 is 0.621 bits per heavy atom.